The Morgan fingerprint density at radius 2 is 0.603 bits per heavy atom. The molecule has 0 aliphatic heterocycles. The first kappa shape index (κ1) is 64.8. The summed E-state index contributed by atoms with van der Waals surface area (Å²) in [6.45, 7) is 6.40. The third kappa shape index (κ3) is 53.8. The minimum absolute atomic E-state index is 0.0780. The van der Waals surface area contributed by atoms with Crippen LogP contribution in [0.15, 0.2) is 72.9 Å². The van der Waals surface area contributed by atoms with Gasteiger partial charge in [0.15, 0.2) is 6.10 Å². The Morgan fingerprint density at radius 3 is 0.956 bits per heavy atom. The molecule has 68 heavy (non-hydrogen) atoms. The van der Waals surface area contributed by atoms with Crippen LogP contribution in [0.1, 0.15) is 284 Å². The lowest BCUT2D eigenvalue weighted by atomic mass is 10.0. The molecule has 6 nitrogen and oxygen atoms in total. The van der Waals surface area contributed by atoms with Gasteiger partial charge in [0.1, 0.15) is 13.2 Å². The van der Waals surface area contributed by atoms with Gasteiger partial charge in [0.05, 0.1) is 0 Å². The topological polar surface area (TPSA) is 78.9 Å². The van der Waals surface area contributed by atoms with E-state index in [1.54, 1.807) is 0 Å². The Balaban J connectivity index is 3.97. The highest BCUT2D eigenvalue weighted by molar-refractivity contribution is 5.71. The SMILES string of the molecule is CC/C=C\C/C=C\C/C=C\C/C=C\CCCCCCCCCCCCCCCCCCCCC(=O)OCC(COC(=O)CCCCCCCC)OC(=O)CCCCCCC/C=C\C/C=C\CCC. The quantitative estimate of drug-likeness (QED) is 0.0262. The number of carbonyl (C=O) groups is 3. The molecule has 0 aromatic heterocycles. The Labute approximate surface area is 421 Å². The monoisotopic (exact) mass is 949 g/mol. The van der Waals surface area contributed by atoms with Gasteiger partial charge in [-0.05, 0) is 83.5 Å². The van der Waals surface area contributed by atoms with Crippen molar-refractivity contribution in [2.75, 3.05) is 13.2 Å². The molecule has 0 N–H and O–H groups in total. The average molecular weight is 950 g/mol. The molecule has 1 unspecified atom stereocenters. The number of unbranched alkanes of at least 4 members (excludes halogenated alkanes) is 29. The Morgan fingerprint density at radius 1 is 0.309 bits per heavy atom. The van der Waals surface area contributed by atoms with Crippen molar-refractivity contribution in [1.82, 2.24) is 0 Å². The largest absolute Gasteiger partial charge is 0.462 e. The van der Waals surface area contributed by atoms with E-state index in [2.05, 4.69) is 93.7 Å². The van der Waals surface area contributed by atoms with Crippen molar-refractivity contribution in [3.63, 3.8) is 0 Å². The highest BCUT2D eigenvalue weighted by Crippen LogP contribution is 2.16. The molecule has 1 atom stereocenters. The molecule has 0 bridgehead atoms. The second-order valence-corrected chi connectivity index (χ2v) is 19.2. The normalized spacial score (nSPS) is 12.6. The van der Waals surface area contributed by atoms with Crippen LogP contribution in [-0.2, 0) is 28.6 Å². The minimum Gasteiger partial charge on any atom is -0.462 e. The zero-order valence-electron chi connectivity index (χ0n) is 44.9. The maximum absolute atomic E-state index is 12.7. The summed E-state index contributed by atoms with van der Waals surface area (Å²) in [5, 5.41) is 0. The Hall–Kier alpha value is -3.15. The van der Waals surface area contributed by atoms with E-state index in [1.807, 2.05) is 0 Å². The number of esters is 3. The fraction of sp³-hybridized carbons (Fsp3) is 0.758. The van der Waals surface area contributed by atoms with E-state index in [-0.39, 0.29) is 31.1 Å². The molecule has 0 rings (SSSR count). The van der Waals surface area contributed by atoms with Crippen molar-refractivity contribution in [3.8, 4) is 0 Å². The summed E-state index contributed by atoms with van der Waals surface area (Å²) >= 11 is 0. The Bertz CT molecular complexity index is 1270. The maximum atomic E-state index is 12.7. The van der Waals surface area contributed by atoms with Crippen LogP contribution in [0.25, 0.3) is 0 Å². The smallest absolute Gasteiger partial charge is 0.306 e. The number of carbonyl (C=O) groups excluding carboxylic acids is 3. The fourth-order valence-electron chi connectivity index (χ4n) is 8.12. The number of hydrogen-bond donors (Lipinski definition) is 0. The van der Waals surface area contributed by atoms with E-state index >= 15 is 0 Å². The van der Waals surface area contributed by atoms with Gasteiger partial charge in [0, 0.05) is 19.3 Å². The molecule has 0 spiro atoms. The van der Waals surface area contributed by atoms with Gasteiger partial charge in [0.2, 0.25) is 0 Å². The predicted octanol–water partition coefficient (Wildman–Crippen LogP) is 19.4. The lowest BCUT2D eigenvalue weighted by Gasteiger charge is -2.18. The number of ether oxygens (including phenoxy) is 3. The van der Waals surface area contributed by atoms with Crippen LogP contribution < -0.4 is 0 Å². The molecule has 0 aromatic rings. The minimum atomic E-state index is -0.776. The van der Waals surface area contributed by atoms with Gasteiger partial charge in [-0.1, -0.05) is 254 Å². The van der Waals surface area contributed by atoms with Crippen molar-refractivity contribution in [2.24, 2.45) is 0 Å². The molecular weight excluding hydrogens is 841 g/mol. The van der Waals surface area contributed by atoms with E-state index in [9.17, 15) is 14.4 Å². The predicted molar refractivity (Wildman–Crippen MR) is 293 cm³/mol. The van der Waals surface area contributed by atoms with Crippen LogP contribution in [-0.4, -0.2) is 37.2 Å². The molecular formula is C62H108O6. The summed E-state index contributed by atoms with van der Waals surface area (Å²) in [4.78, 5) is 37.8. The standard InChI is InChI=1S/C62H108O6/c1-4-7-10-13-16-18-20-22-23-24-25-26-27-28-29-30-31-32-33-34-35-36-37-38-39-41-42-44-46-49-52-55-61(64)67-58-59(57-66-60(63)54-51-48-15-12-9-6-3)68-62(65)56-53-50-47-45-43-40-21-19-17-14-11-8-5-2/h7,10-11,14,16,18-19,21-23,25-26,59H,4-6,8-9,12-13,15,17,20,24,27-58H2,1-3H3/b10-7-,14-11-,18-16-,21-19-,23-22-,26-25-. The van der Waals surface area contributed by atoms with E-state index < -0.39 is 6.10 Å². The molecule has 0 amide bonds. The first-order valence-electron chi connectivity index (χ1n) is 28.9. The summed E-state index contributed by atoms with van der Waals surface area (Å²) < 4.78 is 16.7. The van der Waals surface area contributed by atoms with Gasteiger partial charge >= 0.3 is 17.9 Å². The number of rotatable bonds is 52. The van der Waals surface area contributed by atoms with Gasteiger partial charge in [-0.3, -0.25) is 14.4 Å². The molecule has 0 saturated carbocycles. The van der Waals surface area contributed by atoms with Gasteiger partial charge in [-0.15, -0.1) is 0 Å². The van der Waals surface area contributed by atoms with Crippen LogP contribution >= 0.6 is 0 Å². The second kappa shape index (κ2) is 56.4. The number of allylic oxidation sites excluding steroid dienone is 12. The highest BCUT2D eigenvalue weighted by Gasteiger charge is 2.19. The molecule has 0 aliphatic rings. The van der Waals surface area contributed by atoms with E-state index in [0.29, 0.717) is 19.3 Å². The van der Waals surface area contributed by atoms with Crippen molar-refractivity contribution in [2.45, 2.75) is 290 Å². The summed E-state index contributed by atoms with van der Waals surface area (Å²) in [6, 6.07) is 0. The van der Waals surface area contributed by atoms with E-state index in [1.165, 1.54) is 128 Å². The van der Waals surface area contributed by atoms with Gasteiger partial charge in [0.25, 0.3) is 0 Å². The molecule has 392 valence electrons. The average Bonchev–Trinajstić information content (AvgIpc) is 3.34. The summed E-state index contributed by atoms with van der Waals surface area (Å²) in [5.74, 6) is -0.895. The molecule has 6 heteroatoms. The van der Waals surface area contributed by atoms with Gasteiger partial charge in [-0.25, -0.2) is 0 Å². The lowest BCUT2D eigenvalue weighted by Crippen LogP contribution is -2.30. The maximum Gasteiger partial charge on any atom is 0.306 e. The lowest BCUT2D eigenvalue weighted by molar-refractivity contribution is -0.167. The summed E-state index contributed by atoms with van der Waals surface area (Å²) in [5.41, 5.74) is 0. The van der Waals surface area contributed by atoms with Crippen molar-refractivity contribution in [3.05, 3.63) is 72.9 Å². The van der Waals surface area contributed by atoms with Crippen LogP contribution in [0.2, 0.25) is 0 Å². The molecule has 0 saturated heterocycles. The van der Waals surface area contributed by atoms with Crippen LogP contribution in [0.4, 0.5) is 0 Å². The second-order valence-electron chi connectivity index (χ2n) is 19.2. The highest BCUT2D eigenvalue weighted by atomic mass is 16.6. The molecule has 0 heterocycles. The first-order valence-corrected chi connectivity index (χ1v) is 28.9. The third-order valence-corrected chi connectivity index (χ3v) is 12.4. The van der Waals surface area contributed by atoms with Crippen LogP contribution in [0.5, 0.6) is 0 Å². The van der Waals surface area contributed by atoms with Gasteiger partial charge < -0.3 is 14.2 Å². The Kier molecular flexibility index (Phi) is 53.8. The third-order valence-electron chi connectivity index (χ3n) is 12.4. The molecule has 0 radical (unpaired) electrons. The van der Waals surface area contributed by atoms with Crippen molar-refractivity contribution < 1.29 is 28.6 Å². The zero-order valence-corrected chi connectivity index (χ0v) is 44.9. The summed E-state index contributed by atoms with van der Waals surface area (Å²) in [7, 11) is 0. The van der Waals surface area contributed by atoms with Crippen molar-refractivity contribution >= 4 is 17.9 Å². The van der Waals surface area contributed by atoms with Crippen molar-refractivity contribution in [1.29, 1.82) is 0 Å². The molecule has 0 aromatic carbocycles. The van der Waals surface area contributed by atoms with Crippen LogP contribution in [0, 0.1) is 0 Å². The van der Waals surface area contributed by atoms with Gasteiger partial charge in [-0.2, -0.15) is 0 Å². The zero-order chi connectivity index (χ0) is 49.3. The van der Waals surface area contributed by atoms with E-state index in [0.717, 1.165) is 116 Å². The molecule has 0 aliphatic carbocycles. The van der Waals surface area contributed by atoms with Crippen LogP contribution in [0.3, 0.4) is 0 Å². The summed E-state index contributed by atoms with van der Waals surface area (Å²) in [6.07, 6.45) is 72.3. The first-order chi connectivity index (χ1) is 33.5. The fourth-order valence-corrected chi connectivity index (χ4v) is 8.12. The van der Waals surface area contributed by atoms with E-state index in [4.69, 9.17) is 14.2 Å². The molecule has 0 fully saturated rings. The number of hydrogen-bond acceptors (Lipinski definition) is 6.